The van der Waals surface area contributed by atoms with Crippen molar-refractivity contribution in [1.82, 2.24) is 16.0 Å². The van der Waals surface area contributed by atoms with Crippen LogP contribution in [0.3, 0.4) is 0 Å². The summed E-state index contributed by atoms with van der Waals surface area (Å²) in [4.78, 5) is 23.5. The maximum Gasteiger partial charge on any atom is 0.239 e. The largest absolute Gasteiger partial charge is 0.355 e. The molecular weight excluding hydrogens is 326 g/mol. The number of carbonyl (C=O) groups is 2. The normalized spacial score (nSPS) is 16.3. The molecule has 1 aliphatic heterocycles. The summed E-state index contributed by atoms with van der Waals surface area (Å²) < 4.78 is 0. The van der Waals surface area contributed by atoms with Crippen molar-refractivity contribution in [1.29, 1.82) is 0 Å². The summed E-state index contributed by atoms with van der Waals surface area (Å²) in [5, 5.41) is 8.85. The lowest BCUT2D eigenvalue weighted by Gasteiger charge is -2.10. The molecule has 134 valence electrons. The van der Waals surface area contributed by atoms with Gasteiger partial charge in [-0.3, -0.25) is 9.59 Å². The maximum absolute atomic E-state index is 11.8. The molecule has 1 unspecified atom stereocenters. The Morgan fingerprint density at radius 3 is 2.58 bits per heavy atom. The van der Waals surface area contributed by atoms with E-state index in [1.165, 1.54) is 12.0 Å². The fourth-order valence-corrected chi connectivity index (χ4v) is 2.72. The fourth-order valence-electron chi connectivity index (χ4n) is 2.72. The summed E-state index contributed by atoms with van der Waals surface area (Å²) in [6.07, 6.45) is 3.29. The monoisotopic (exact) mass is 353 g/mol. The lowest BCUT2D eigenvalue weighted by Crippen LogP contribution is -2.37. The third kappa shape index (κ3) is 7.79. The summed E-state index contributed by atoms with van der Waals surface area (Å²) in [7, 11) is 0. The van der Waals surface area contributed by atoms with Gasteiger partial charge in [-0.05, 0) is 50.8 Å². The van der Waals surface area contributed by atoms with Crippen molar-refractivity contribution in [3.8, 4) is 0 Å². The number of nitrogens with one attached hydrogen (secondary N) is 3. The van der Waals surface area contributed by atoms with Crippen LogP contribution in [0.2, 0.25) is 0 Å². The van der Waals surface area contributed by atoms with E-state index in [4.69, 9.17) is 0 Å². The van der Waals surface area contributed by atoms with Crippen molar-refractivity contribution < 1.29 is 9.59 Å². The summed E-state index contributed by atoms with van der Waals surface area (Å²) >= 11 is 0. The third-order valence-electron chi connectivity index (χ3n) is 4.24. The van der Waals surface area contributed by atoms with Crippen LogP contribution < -0.4 is 16.0 Å². The number of carbonyl (C=O) groups excluding carboxylic acids is 2. The second-order valence-electron chi connectivity index (χ2n) is 6.26. The molecule has 0 radical (unpaired) electrons. The van der Waals surface area contributed by atoms with Crippen molar-refractivity contribution >= 4 is 24.2 Å². The lowest BCUT2D eigenvalue weighted by molar-refractivity contribution is -0.126. The van der Waals surface area contributed by atoms with Gasteiger partial charge in [0.05, 0.1) is 6.54 Å². The zero-order chi connectivity index (χ0) is 16.5. The first-order valence-electron chi connectivity index (χ1n) is 8.43. The van der Waals surface area contributed by atoms with Crippen LogP contribution in [0, 0.1) is 12.8 Å². The molecule has 0 aliphatic carbocycles. The molecule has 0 aromatic heterocycles. The minimum Gasteiger partial charge on any atom is -0.355 e. The van der Waals surface area contributed by atoms with E-state index in [1.54, 1.807) is 0 Å². The van der Waals surface area contributed by atoms with Crippen molar-refractivity contribution in [2.75, 3.05) is 26.2 Å². The molecule has 1 aromatic rings. The van der Waals surface area contributed by atoms with Crippen LogP contribution in [0.25, 0.3) is 0 Å². The highest BCUT2D eigenvalue weighted by Gasteiger charge is 2.14. The smallest absolute Gasteiger partial charge is 0.239 e. The molecule has 2 rings (SSSR count). The molecule has 2 amide bonds. The maximum atomic E-state index is 11.8. The van der Waals surface area contributed by atoms with Gasteiger partial charge in [-0.1, -0.05) is 29.8 Å². The van der Waals surface area contributed by atoms with Crippen molar-refractivity contribution in [3.05, 3.63) is 35.4 Å². The second kappa shape index (κ2) is 11.0. The topological polar surface area (TPSA) is 70.2 Å². The van der Waals surface area contributed by atoms with E-state index >= 15 is 0 Å². The molecule has 5 nitrogen and oxygen atoms in total. The first kappa shape index (κ1) is 20.5. The highest BCUT2D eigenvalue weighted by atomic mass is 35.5. The molecule has 0 bridgehead atoms. The predicted octanol–water partition coefficient (Wildman–Crippen LogP) is 1.58. The molecule has 1 aromatic carbocycles. The van der Waals surface area contributed by atoms with E-state index in [0.717, 1.165) is 25.1 Å². The lowest BCUT2D eigenvalue weighted by atomic mass is 10.1. The van der Waals surface area contributed by atoms with Crippen molar-refractivity contribution in [3.63, 3.8) is 0 Å². The highest BCUT2D eigenvalue weighted by molar-refractivity contribution is 5.85. The van der Waals surface area contributed by atoms with Gasteiger partial charge in [0.15, 0.2) is 0 Å². The van der Waals surface area contributed by atoms with E-state index in [2.05, 4.69) is 16.0 Å². The Hall–Kier alpha value is -1.59. The van der Waals surface area contributed by atoms with Gasteiger partial charge >= 0.3 is 0 Å². The van der Waals surface area contributed by atoms with Gasteiger partial charge in [0.25, 0.3) is 0 Å². The number of amides is 2. The number of hydrogen-bond donors (Lipinski definition) is 3. The van der Waals surface area contributed by atoms with Crippen LogP contribution in [-0.4, -0.2) is 38.0 Å². The Labute approximate surface area is 150 Å². The molecule has 1 fully saturated rings. The molecule has 0 spiro atoms. The molecule has 3 N–H and O–H groups in total. The number of rotatable bonds is 8. The highest BCUT2D eigenvalue weighted by Crippen LogP contribution is 2.10. The Morgan fingerprint density at radius 1 is 1.17 bits per heavy atom. The predicted molar refractivity (Wildman–Crippen MR) is 98.4 cm³/mol. The van der Waals surface area contributed by atoms with Crippen LogP contribution in [0.1, 0.15) is 30.4 Å². The zero-order valence-electron chi connectivity index (χ0n) is 14.3. The average Bonchev–Trinajstić information content (AvgIpc) is 3.06. The Morgan fingerprint density at radius 2 is 1.92 bits per heavy atom. The zero-order valence-corrected chi connectivity index (χ0v) is 15.1. The molecule has 1 atom stereocenters. The average molecular weight is 354 g/mol. The van der Waals surface area contributed by atoms with Gasteiger partial charge < -0.3 is 16.0 Å². The number of aryl methyl sites for hydroxylation is 2. The Balaban J connectivity index is 0.00000288. The summed E-state index contributed by atoms with van der Waals surface area (Å²) in [5.74, 6) is 0.472. The van der Waals surface area contributed by atoms with Gasteiger partial charge in [-0.15, -0.1) is 12.4 Å². The minimum absolute atomic E-state index is 0. The molecule has 6 heteroatoms. The summed E-state index contributed by atoms with van der Waals surface area (Å²) in [5.41, 5.74) is 2.35. The molecule has 1 aliphatic rings. The molecular formula is C18H28ClN3O2. The van der Waals surface area contributed by atoms with Gasteiger partial charge in [0, 0.05) is 13.0 Å². The van der Waals surface area contributed by atoms with Crippen LogP contribution >= 0.6 is 12.4 Å². The second-order valence-corrected chi connectivity index (χ2v) is 6.26. The van der Waals surface area contributed by atoms with Crippen molar-refractivity contribution in [2.24, 2.45) is 5.92 Å². The molecule has 24 heavy (non-hydrogen) atoms. The fraction of sp³-hybridized carbons (Fsp3) is 0.556. The van der Waals surface area contributed by atoms with Gasteiger partial charge in [0.1, 0.15) is 0 Å². The van der Waals surface area contributed by atoms with Crippen LogP contribution in [-0.2, 0) is 16.0 Å². The standard InChI is InChI=1S/C18H27N3O2.ClH/c1-14-2-4-15(5-3-14)6-7-17(22)21-13-18(23)20-11-9-16-8-10-19-12-16;/h2-5,16,19H,6-13H2,1H3,(H,20,23)(H,21,22);1H. The van der Waals surface area contributed by atoms with E-state index in [0.29, 0.717) is 25.3 Å². The third-order valence-corrected chi connectivity index (χ3v) is 4.24. The van der Waals surface area contributed by atoms with E-state index in [9.17, 15) is 9.59 Å². The van der Waals surface area contributed by atoms with Crippen LogP contribution in [0.15, 0.2) is 24.3 Å². The van der Waals surface area contributed by atoms with Crippen LogP contribution in [0.5, 0.6) is 0 Å². The number of hydrogen-bond acceptors (Lipinski definition) is 3. The SMILES string of the molecule is Cc1ccc(CCC(=O)NCC(=O)NCCC2CCNC2)cc1.Cl. The van der Waals surface area contributed by atoms with E-state index < -0.39 is 0 Å². The molecule has 1 saturated heterocycles. The molecule has 0 saturated carbocycles. The van der Waals surface area contributed by atoms with Crippen molar-refractivity contribution in [2.45, 2.75) is 32.6 Å². The summed E-state index contributed by atoms with van der Waals surface area (Å²) in [6.45, 7) is 4.92. The quantitative estimate of drug-likeness (QED) is 0.664. The minimum atomic E-state index is -0.111. The summed E-state index contributed by atoms with van der Waals surface area (Å²) in [6, 6.07) is 8.15. The van der Waals surface area contributed by atoms with Gasteiger partial charge in [-0.2, -0.15) is 0 Å². The van der Waals surface area contributed by atoms with Crippen LogP contribution in [0.4, 0.5) is 0 Å². The number of halogens is 1. The van der Waals surface area contributed by atoms with Gasteiger partial charge in [-0.25, -0.2) is 0 Å². The van der Waals surface area contributed by atoms with Gasteiger partial charge in [0.2, 0.25) is 11.8 Å². The van der Waals surface area contributed by atoms with E-state index in [-0.39, 0.29) is 30.8 Å². The number of benzene rings is 1. The van der Waals surface area contributed by atoms with E-state index in [1.807, 2.05) is 31.2 Å². The Bertz CT molecular complexity index is 514. The molecule has 1 heterocycles. The first-order chi connectivity index (χ1) is 11.1. The first-order valence-corrected chi connectivity index (χ1v) is 8.43. The Kier molecular flexibility index (Phi) is 9.42.